The van der Waals surface area contributed by atoms with E-state index in [0.29, 0.717) is 11.5 Å². The molecule has 30 heavy (non-hydrogen) atoms. The maximum Gasteiger partial charge on any atom is 0.256 e. The predicted molar refractivity (Wildman–Crippen MR) is 124 cm³/mol. The van der Waals surface area contributed by atoms with Crippen molar-refractivity contribution in [2.75, 3.05) is 5.32 Å². The van der Waals surface area contributed by atoms with E-state index in [1.807, 2.05) is 85.8 Å². The highest BCUT2D eigenvalue weighted by molar-refractivity contribution is 9.10. The number of halogens is 1. The number of para-hydroxylation sites is 2. The van der Waals surface area contributed by atoms with Crippen LogP contribution in [0, 0.1) is 6.92 Å². The maximum atomic E-state index is 13.1. The molecule has 0 fully saturated rings. The summed E-state index contributed by atoms with van der Waals surface area (Å²) in [5, 5.41) is 4.96. The van der Waals surface area contributed by atoms with E-state index in [1.165, 1.54) is 0 Å². The number of rotatable bonds is 3. The largest absolute Gasteiger partial charge is 0.436 e. The monoisotopic (exact) mass is 456 g/mol. The van der Waals surface area contributed by atoms with Gasteiger partial charge in [0.05, 0.1) is 0 Å². The third-order valence-corrected chi connectivity index (χ3v) is 5.91. The topological polar surface area (TPSA) is 55.1 Å². The second-order valence-electron chi connectivity index (χ2n) is 7.06. The second-order valence-corrected chi connectivity index (χ2v) is 7.91. The zero-order valence-corrected chi connectivity index (χ0v) is 17.7. The third-order valence-electron chi connectivity index (χ3n) is 5.22. The zero-order chi connectivity index (χ0) is 20.7. The van der Waals surface area contributed by atoms with E-state index in [4.69, 9.17) is 4.42 Å². The summed E-state index contributed by atoms with van der Waals surface area (Å²) in [5.74, 6) is 0.385. The van der Waals surface area contributed by atoms with Crippen molar-refractivity contribution in [2.24, 2.45) is 0 Å². The van der Waals surface area contributed by atoms with Crippen LogP contribution in [0.2, 0.25) is 0 Å². The summed E-state index contributed by atoms with van der Waals surface area (Å²) in [6, 6.07) is 25.0. The van der Waals surface area contributed by atoms with Gasteiger partial charge < -0.3 is 9.73 Å². The van der Waals surface area contributed by atoms with E-state index in [9.17, 15) is 4.79 Å². The Morgan fingerprint density at radius 2 is 1.67 bits per heavy atom. The van der Waals surface area contributed by atoms with Gasteiger partial charge in [-0.3, -0.25) is 4.79 Å². The highest BCUT2D eigenvalue weighted by Crippen LogP contribution is 2.31. The molecule has 0 aliphatic carbocycles. The fourth-order valence-corrected chi connectivity index (χ4v) is 4.15. The van der Waals surface area contributed by atoms with Crippen LogP contribution in [-0.4, -0.2) is 10.9 Å². The fraction of sp³-hybridized carbons (Fsp3) is 0.0400. The van der Waals surface area contributed by atoms with Crippen LogP contribution in [0.1, 0.15) is 15.9 Å². The molecule has 4 aromatic carbocycles. The number of carbonyl (C=O) groups is 1. The molecule has 1 aromatic heterocycles. The molecule has 0 radical (unpaired) electrons. The Labute approximate surface area is 181 Å². The SMILES string of the molecule is Cc1c(NC(=O)c2cccc3c(Br)cccc23)cccc1-c1nc2ccccc2o1. The summed E-state index contributed by atoms with van der Waals surface area (Å²) in [6.45, 7) is 1.96. The van der Waals surface area contributed by atoms with E-state index in [0.717, 1.165) is 43.2 Å². The first kappa shape index (κ1) is 18.6. The lowest BCUT2D eigenvalue weighted by molar-refractivity contribution is 0.102. The Morgan fingerprint density at radius 1 is 0.900 bits per heavy atom. The molecule has 5 aromatic rings. The van der Waals surface area contributed by atoms with E-state index in [2.05, 4.69) is 26.2 Å². The number of nitrogens with zero attached hydrogens (tertiary/aromatic N) is 1. The quantitative estimate of drug-likeness (QED) is 0.318. The molecule has 5 rings (SSSR count). The summed E-state index contributed by atoms with van der Waals surface area (Å²) in [7, 11) is 0. The Kier molecular flexibility index (Phi) is 4.60. The highest BCUT2D eigenvalue weighted by atomic mass is 79.9. The molecule has 1 N–H and O–H groups in total. The van der Waals surface area contributed by atoms with Crippen molar-refractivity contribution in [3.8, 4) is 11.5 Å². The molecule has 4 nitrogen and oxygen atoms in total. The Balaban J connectivity index is 1.52. The molecule has 1 heterocycles. The van der Waals surface area contributed by atoms with Crippen LogP contribution < -0.4 is 5.32 Å². The van der Waals surface area contributed by atoms with Gasteiger partial charge in [-0.1, -0.05) is 58.4 Å². The smallest absolute Gasteiger partial charge is 0.256 e. The lowest BCUT2D eigenvalue weighted by Gasteiger charge is -2.12. The maximum absolute atomic E-state index is 13.1. The number of benzene rings is 4. The summed E-state index contributed by atoms with van der Waals surface area (Å²) >= 11 is 3.56. The Morgan fingerprint density at radius 3 is 2.53 bits per heavy atom. The summed E-state index contributed by atoms with van der Waals surface area (Å²) in [4.78, 5) is 17.7. The van der Waals surface area contributed by atoms with Gasteiger partial charge in [0, 0.05) is 21.3 Å². The van der Waals surface area contributed by atoms with Crippen molar-refractivity contribution >= 4 is 49.4 Å². The first-order chi connectivity index (χ1) is 14.6. The first-order valence-electron chi connectivity index (χ1n) is 9.56. The van der Waals surface area contributed by atoms with Crippen LogP contribution in [0.5, 0.6) is 0 Å². The van der Waals surface area contributed by atoms with Gasteiger partial charge in [0.15, 0.2) is 5.58 Å². The molecular formula is C25H17BrN2O2. The number of oxazole rings is 1. The van der Waals surface area contributed by atoms with Crippen LogP contribution in [0.4, 0.5) is 5.69 Å². The molecule has 0 saturated heterocycles. The van der Waals surface area contributed by atoms with Gasteiger partial charge >= 0.3 is 0 Å². The summed E-state index contributed by atoms with van der Waals surface area (Å²) < 4.78 is 6.88. The van der Waals surface area contributed by atoms with Crippen LogP contribution in [0.3, 0.4) is 0 Å². The molecule has 0 aliphatic heterocycles. The van der Waals surface area contributed by atoms with Gasteiger partial charge in [0.2, 0.25) is 5.89 Å². The van der Waals surface area contributed by atoms with E-state index in [1.54, 1.807) is 0 Å². The van der Waals surface area contributed by atoms with Crippen LogP contribution in [0.25, 0.3) is 33.3 Å². The van der Waals surface area contributed by atoms with Crippen molar-refractivity contribution in [2.45, 2.75) is 6.92 Å². The number of anilines is 1. The molecule has 0 bridgehead atoms. The fourth-order valence-electron chi connectivity index (χ4n) is 3.65. The van der Waals surface area contributed by atoms with Crippen LogP contribution in [0.15, 0.2) is 87.8 Å². The average molecular weight is 457 g/mol. The van der Waals surface area contributed by atoms with Gasteiger partial charge in [-0.2, -0.15) is 0 Å². The highest BCUT2D eigenvalue weighted by Gasteiger charge is 2.16. The number of hydrogen-bond donors (Lipinski definition) is 1. The van der Waals surface area contributed by atoms with Crippen LogP contribution in [-0.2, 0) is 0 Å². The average Bonchev–Trinajstić information content (AvgIpc) is 3.19. The molecule has 146 valence electrons. The number of amides is 1. The van der Waals surface area contributed by atoms with Crippen molar-refractivity contribution in [3.63, 3.8) is 0 Å². The number of nitrogens with one attached hydrogen (secondary N) is 1. The minimum atomic E-state index is -0.156. The van der Waals surface area contributed by atoms with Crippen molar-refractivity contribution in [1.29, 1.82) is 0 Å². The lowest BCUT2D eigenvalue weighted by atomic mass is 10.0. The minimum Gasteiger partial charge on any atom is -0.436 e. The third kappa shape index (κ3) is 3.17. The zero-order valence-electron chi connectivity index (χ0n) is 16.1. The van der Waals surface area contributed by atoms with E-state index in [-0.39, 0.29) is 5.91 Å². The standard InChI is InChI=1S/C25H17BrN2O2/c1-15-16(25-28-22-12-2-3-14-23(22)30-25)7-6-13-21(15)27-24(29)19-10-4-9-18-17(19)8-5-11-20(18)26/h2-14H,1H3,(H,27,29). The van der Waals surface area contributed by atoms with Gasteiger partial charge in [-0.25, -0.2) is 4.98 Å². The van der Waals surface area contributed by atoms with Gasteiger partial charge in [0.25, 0.3) is 5.91 Å². The van der Waals surface area contributed by atoms with Crippen molar-refractivity contribution in [3.05, 3.63) is 94.5 Å². The Bertz CT molecular complexity index is 1390. The molecule has 1 amide bonds. The number of hydrogen-bond acceptors (Lipinski definition) is 3. The van der Waals surface area contributed by atoms with Gasteiger partial charge in [0.1, 0.15) is 5.52 Å². The summed E-state index contributed by atoms with van der Waals surface area (Å²) in [6.07, 6.45) is 0. The van der Waals surface area contributed by atoms with Gasteiger partial charge in [-0.15, -0.1) is 0 Å². The molecule has 0 unspecified atom stereocenters. The minimum absolute atomic E-state index is 0.156. The van der Waals surface area contributed by atoms with E-state index >= 15 is 0 Å². The number of aromatic nitrogens is 1. The Hall–Kier alpha value is -3.44. The van der Waals surface area contributed by atoms with Crippen molar-refractivity contribution in [1.82, 2.24) is 4.98 Å². The molecule has 0 atom stereocenters. The summed E-state index contributed by atoms with van der Waals surface area (Å²) in [5.41, 5.74) is 4.65. The van der Waals surface area contributed by atoms with E-state index < -0.39 is 0 Å². The molecule has 0 aliphatic rings. The predicted octanol–water partition coefficient (Wildman–Crippen LogP) is 6.97. The molecule has 0 spiro atoms. The second kappa shape index (κ2) is 7.43. The molecule has 0 saturated carbocycles. The lowest BCUT2D eigenvalue weighted by Crippen LogP contribution is -2.13. The molecular weight excluding hydrogens is 440 g/mol. The van der Waals surface area contributed by atoms with Gasteiger partial charge in [-0.05, 0) is 59.7 Å². The van der Waals surface area contributed by atoms with Crippen LogP contribution >= 0.6 is 15.9 Å². The molecule has 5 heteroatoms. The first-order valence-corrected chi connectivity index (χ1v) is 10.4. The number of fused-ring (bicyclic) bond motifs is 2. The van der Waals surface area contributed by atoms with Crippen molar-refractivity contribution < 1.29 is 9.21 Å². The number of carbonyl (C=O) groups excluding carboxylic acids is 1. The normalized spacial score (nSPS) is 11.1.